The number of methoxy groups -OCH3 is 1. The molecule has 5 rings (SSSR count). The van der Waals surface area contributed by atoms with Crippen LogP contribution in [0.15, 0.2) is 48.7 Å². The molecule has 4 heterocycles. The van der Waals surface area contributed by atoms with Gasteiger partial charge >= 0.3 is 6.09 Å². The van der Waals surface area contributed by atoms with Crippen LogP contribution in [0.1, 0.15) is 24.4 Å². The number of fused-ring (bicyclic) bond motifs is 2. The molecule has 32 heavy (non-hydrogen) atoms. The standard InChI is InChI=1S/C23H25FN6O2/c1-32-22(31)29-15-20-26-27-21(17-5-7-18(24)8-6-17)30(20)23(16-29)9-12-28(13-10-23)14-19-4-2-3-11-25-19/h2-8,11H,9-10,12-16H2,1H3. The summed E-state index contributed by atoms with van der Waals surface area (Å²) < 4.78 is 20.7. The van der Waals surface area contributed by atoms with Gasteiger partial charge in [0.2, 0.25) is 0 Å². The maximum absolute atomic E-state index is 13.5. The summed E-state index contributed by atoms with van der Waals surface area (Å²) in [6.07, 6.45) is 3.10. The number of nitrogens with zero attached hydrogens (tertiary/aromatic N) is 6. The monoisotopic (exact) mass is 436 g/mol. The average Bonchev–Trinajstić information content (AvgIpc) is 3.26. The third-order valence-corrected chi connectivity index (χ3v) is 6.46. The molecule has 1 saturated heterocycles. The Kier molecular flexibility index (Phi) is 5.34. The topological polar surface area (TPSA) is 76.4 Å². The third kappa shape index (κ3) is 3.73. The van der Waals surface area contributed by atoms with Gasteiger partial charge in [-0.3, -0.25) is 14.8 Å². The predicted molar refractivity (Wildman–Crippen MR) is 115 cm³/mol. The third-order valence-electron chi connectivity index (χ3n) is 6.46. The maximum atomic E-state index is 13.5. The Morgan fingerprint density at radius 3 is 2.59 bits per heavy atom. The van der Waals surface area contributed by atoms with Crippen LogP contribution in [0.4, 0.5) is 9.18 Å². The van der Waals surface area contributed by atoms with Crippen molar-refractivity contribution in [1.82, 2.24) is 29.5 Å². The second-order valence-electron chi connectivity index (χ2n) is 8.43. The van der Waals surface area contributed by atoms with Gasteiger partial charge in [-0.2, -0.15) is 0 Å². The van der Waals surface area contributed by atoms with Gasteiger partial charge in [-0.15, -0.1) is 10.2 Å². The fourth-order valence-corrected chi connectivity index (χ4v) is 4.84. The van der Waals surface area contributed by atoms with E-state index in [9.17, 15) is 9.18 Å². The highest BCUT2D eigenvalue weighted by molar-refractivity contribution is 5.68. The molecule has 1 amide bonds. The summed E-state index contributed by atoms with van der Waals surface area (Å²) in [4.78, 5) is 20.9. The first-order valence-electron chi connectivity index (χ1n) is 10.7. The van der Waals surface area contributed by atoms with Crippen LogP contribution in [0, 0.1) is 5.82 Å². The summed E-state index contributed by atoms with van der Waals surface area (Å²) in [6, 6.07) is 12.3. The van der Waals surface area contributed by atoms with Crippen molar-refractivity contribution in [3.8, 4) is 11.4 Å². The minimum absolute atomic E-state index is 0.290. The van der Waals surface area contributed by atoms with Crippen LogP contribution < -0.4 is 0 Å². The number of pyridine rings is 1. The quantitative estimate of drug-likeness (QED) is 0.628. The molecule has 1 fully saturated rings. The Morgan fingerprint density at radius 2 is 1.91 bits per heavy atom. The molecule has 0 unspecified atom stereocenters. The van der Waals surface area contributed by atoms with Crippen LogP contribution in [0.2, 0.25) is 0 Å². The highest BCUT2D eigenvalue weighted by atomic mass is 19.1. The number of hydrogen-bond acceptors (Lipinski definition) is 6. The average molecular weight is 436 g/mol. The van der Waals surface area contributed by atoms with Crippen molar-refractivity contribution in [2.75, 3.05) is 26.7 Å². The molecule has 2 aliphatic rings. The fourth-order valence-electron chi connectivity index (χ4n) is 4.84. The minimum atomic E-state index is -0.363. The van der Waals surface area contributed by atoms with Crippen molar-refractivity contribution in [2.24, 2.45) is 0 Å². The molecule has 0 aliphatic carbocycles. The van der Waals surface area contributed by atoms with Crippen LogP contribution in [0.5, 0.6) is 0 Å². The van der Waals surface area contributed by atoms with E-state index >= 15 is 0 Å². The predicted octanol–water partition coefficient (Wildman–Crippen LogP) is 3.05. The maximum Gasteiger partial charge on any atom is 0.409 e. The van der Waals surface area contributed by atoms with Crippen molar-refractivity contribution in [2.45, 2.75) is 31.5 Å². The van der Waals surface area contributed by atoms with E-state index in [4.69, 9.17) is 4.74 Å². The highest BCUT2D eigenvalue weighted by Crippen LogP contribution is 2.39. The van der Waals surface area contributed by atoms with Crippen molar-refractivity contribution in [3.05, 3.63) is 66.0 Å². The van der Waals surface area contributed by atoms with Gasteiger partial charge in [0.05, 0.1) is 24.9 Å². The largest absolute Gasteiger partial charge is 0.453 e. The Morgan fingerprint density at radius 1 is 1.12 bits per heavy atom. The number of benzene rings is 1. The molecule has 0 radical (unpaired) electrons. The van der Waals surface area contributed by atoms with E-state index in [1.165, 1.54) is 19.2 Å². The van der Waals surface area contributed by atoms with Gasteiger partial charge < -0.3 is 9.30 Å². The van der Waals surface area contributed by atoms with Crippen molar-refractivity contribution in [1.29, 1.82) is 0 Å². The molecule has 2 aromatic heterocycles. The molecule has 8 nitrogen and oxygen atoms in total. The van der Waals surface area contributed by atoms with E-state index in [0.29, 0.717) is 18.9 Å². The number of amides is 1. The Labute approximate surface area is 185 Å². The van der Waals surface area contributed by atoms with Crippen LogP contribution in [0.25, 0.3) is 11.4 Å². The molecule has 0 saturated carbocycles. The number of piperidine rings is 1. The molecule has 9 heteroatoms. The SMILES string of the molecule is COC(=O)N1Cc2nnc(-c3ccc(F)cc3)n2C2(CCN(Cc3ccccn3)CC2)C1. The van der Waals surface area contributed by atoms with Gasteiger partial charge in [-0.1, -0.05) is 6.07 Å². The summed E-state index contributed by atoms with van der Waals surface area (Å²) in [5.41, 5.74) is 1.50. The van der Waals surface area contributed by atoms with Crippen molar-refractivity contribution >= 4 is 6.09 Å². The molecule has 0 N–H and O–H groups in total. The van der Waals surface area contributed by atoms with Gasteiger partial charge in [0.15, 0.2) is 11.6 Å². The van der Waals surface area contributed by atoms with Crippen LogP contribution >= 0.6 is 0 Å². The molecule has 166 valence electrons. The first-order chi connectivity index (χ1) is 15.6. The first kappa shape index (κ1) is 20.6. The molecule has 3 aromatic rings. The lowest BCUT2D eigenvalue weighted by Gasteiger charge is -2.48. The van der Waals surface area contributed by atoms with E-state index in [1.54, 1.807) is 17.0 Å². The summed E-state index contributed by atoms with van der Waals surface area (Å²) in [7, 11) is 1.40. The smallest absolute Gasteiger partial charge is 0.409 e. The number of hydrogen-bond donors (Lipinski definition) is 0. The fraction of sp³-hybridized carbons (Fsp3) is 0.391. The number of halogens is 1. The van der Waals surface area contributed by atoms with Crippen LogP contribution in [0.3, 0.4) is 0 Å². The van der Waals surface area contributed by atoms with Crippen LogP contribution in [-0.2, 0) is 23.4 Å². The van der Waals surface area contributed by atoms with Gasteiger partial charge in [0, 0.05) is 37.9 Å². The van der Waals surface area contributed by atoms with Crippen LogP contribution in [-0.4, -0.2) is 62.4 Å². The van der Waals surface area contributed by atoms with E-state index < -0.39 is 0 Å². The molecular formula is C23H25FN6O2. The van der Waals surface area contributed by atoms with Gasteiger partial charge in [0.1, 0.15) is 5.82 Å². The number of likely N-dealkylation sites (tertiary alicyclic amines) is 1. The summed E-state index contributed by atoms with van der Waals surface area (Å²) in [6.45, 7) is 3.35. The molecule has 1 spiro atoms. The Balaban J connectivity index is 1.47. The molecular weight excluding hydrogens is 411 g/mol. The Hall–Kier alpha value is -3.33. The zero-order valence-electron chi connectivity index (χ0n) is 17.9. The molecule has 2 aliphatic heterocycles. The first-order valence-corrected chi connectivity index (χ1v) is 10.7. The number of carbonyl (C=O) groups is 1. The van der Waals surface area contributed by atoms with E-state index in [0.717, 1.165) is 49.6 Å². The normalized spacial score (nSPS) is 17.9. The van der Waals surface area contributed by atoms with Crippen molar-refractivity contribution < 1.29 is 13.9 Å². The van der Waals surface area contributed by atoms with Gasteiger partial charge in [-0.25, -0.2) is 9.18 Å². The number of rotatable bonds is 3. The van der Waals surface area contributed by atoms with Crippen molar-refractivity contribution in [3.63, 3.8) is 0 Å². The summed E-state index contributed by atoms with van der Waals surface area (Å²) >= 11 is 0. The van der Waals surface area contributed by atoms with Gasteiger partial charge in [0.25, 0.3) is 0 Å². The minimum Gasteiger partial charge on any atom is -0.453 e. The van der Waals surface area contributed by atoms with E-state index in [-0.39, 0.29) is 17.4 Å². The Bertz CT molecular complexity index is 1090. The number of carbonyl (C=O) groups excluding carboxylic acids is 1. The zero-order valence-corrected chi connectivity index (χ0v) is 17.9. The molecule has 1 aromatic carbocycles. The summed E-state index contributed by atoms with van der Waals surface area (Å²) in [5, 5.41) is 8.85. The second kappa shape index (κ2) is 8.31. The second-order valence-corrected chi connectivity index (χ2v) is 8.43. The highest BCUT2D eigenvalue weighted by Gasteiger charge is 2.45. The summed E-state index contributed by atoms with van der Waals surface area (Å²) in [5.74, 6) is 1.14. The van der Waals surface area contributed by atoms with E-state index in [1.807, 2.05) is 24.4 Å². The number of aromatic nitrogens is 4. The lowest BCUT2D eigenvalue weighted by Crippen LogP contribution is -2.57. The lowest BCUT2D eigenvalue weighted by molar-refractivity contribution is 0.0339. The van der Waals surface area contributed by atoms with Gasteiger partial charge in [-0.05, 0) is 49.2 Å². The molecule has 0 bridgehead atoms. The lowest BCUT2D eigenvalue weighted by atomic mass is 9.84. The zero-order chi connectivity index (χ0) is 22.1. The van der Waals surface area contributed by atoms with E-state index in [2.05, 4.69) is 24.6 Å². The molecule has 0 atom stereocenters. The number of ether oxygens (including phenoxy) is 1.